The van der Waals surface area contributed by atoms with Crippen LogP contribution in [0.5, 0.6) is 0 Å². The molecular formula is C12H18Cl6N5O2PS2. The average molecular weight is 572 g/mol. The molecule has 16 heteroatoms. The second-order valence-electron chi connectivity index (χ2n) is 5.22. The van der Waals surface area contributed by atoms with Gasteiger partial charge in [0.1, 0.15) is 5.82 Å². The van der Waals surface area contributed by atoms with Crippen molar-refractivity contribution in [2.24, 2.45) is 0 Å². The van der Waals surface area contributed by atoms with Crippen LogP contribution in [0.2, 0.25) is 0 Å². The van der Waals surface area contributed by atoms with Gasteiger partial charge in [-0.15, -0.1) is 69.6 Å². The summed E-state index contributed by atoms with van der Waals surface area (Å²) in [6.45, 7) is 0. The Balaban J connectivity index is 0.000000292. The van der Waals surface area contributed by atoms with Crippen molar-refractivity contribution in [3.8, 4) is 0 Å². The van der Waals surface area contributed by atoms with Gasteiger partial charge in [0.05, 0.1) is 38.0 Å². The third kappa shape index (κ3) is 7.75. The van der Waals surface area contributed by atoms with Crippen LogP contribution < -0.4 is 11.5 Å². The normalized spacial score (nSPS) is 30.4. The van der Waals surface area contributed by atoms with E-state index in [1.165, 1.54) is 25.6 Å². The first kappa shape index (κ1) is 27.3. The minimum absolute atomic E-state index is 0.0891. The van der Waals surface area contributed by atoms with Crippen molar-refractivity contribution in [2.45, 2.75) is 38.0 Å². The minimum Gasteiger partial charge on any atom is -0.368 e. The number of anilines is 2. The fourth-order valence-corrected chi connectivity index (χ4v) is 6.91. The Hall–Kier alpha value is 1.27. The highest BCUT2D eigenvalue weighted by Crippen LogP contribution is 2.60. The lowest BCUT2D eigenvalue weighted by atomic mass is 9.97. The average Bonchev–Trinajstić information content (AvgIpc) is 2.67. The van der Waals surface area contributed by atoms with Crippen LogP contribution in [0, 0.1) is 0 Å². The van der Waals surface area contributed by atoms with E-state index in [-0.39, 0.29) is 11.9 Å². The number of halogens is 6. The maximum absolute atomic E-state index is 5.88. The third-order valence-electron chi connectivity index (χ3n) is 3.34. The lowest BCUT2D eigenvalue weighted by molar-refractivity contribution is 0.354. The predicted molar refractivity (Wildman–Crippen MR) is 126 cm³/mol. The van der Waals surface area contributed by atoms with Crippen LogP contribution in [0.1, 0.15) is 5.82 Å². The molecule has 7 nitrogen and oxygen atoms in total. The number of hydrogen-bond donors (Lipinski definition) is 2. The van der Waals surface area contributed by atoms with Crippen molar-refractivity contribution >= 4 is 110 Å². The largest absolute Gasteiger partial charge is 0.368 e. The number of nitrogens with two attached hydrogens (primary N) is 2. The molecule has 0 amide bonds. The number of rotatable bonds is 5. The van der Waals surface area contributed by atoms with E-state index in [0.717, 1.165) is 0 Å². The first-order chi connectivity index (χ1) is 13.0. The van der Waals surface area contributed by atoms with Crippen molar-refractivity contribution in [1.82, 2.24) is 15.0 Å². The standard InChI is InChI=1S/C6H6Cl6.C6H12N5O2PS2/c7-1-2(8)4(10)6(12)5(11)3(1)9;1-12-14(15,13-2)16-3-4-9-5(7)11-6(8)10-4/h1-6H;3H2,1-2H3,(H4,7,8,9,10,11). The summed E-state index contributed by atoms with van der Waals surface area (Å²) in [6.07, 6.45) is 0. The Morgan fingerprint density at radius 2 is 1.14 bits per heavy atom. The molecule has 4 N–H and O–H groups in total. The van der Waals surface area contributed by atoms with E-state index >= 15 is 0 Å². The minimum atomic E-state index is -2.31. The Kier molecular flexibility index (Phi) is 12.0. The van der Waals surface area contributed by atoms with Crippen molar-refractivity contribution < 1.29 is 9.05 Å². The van der Waals surface area contributed by atoms with Gasteiger partial charge in [-0.3, -0.25) is 0 Å². The highest BCUT2D eigenvalue weighted by atomic mass is 35.5. The van der Waals surface area contributed by atoms with Crippen LogP contribution in [0.15, 0.2) is 0 Å². The zero-order valence-electron chi connectivity index (χ0n) is 14.5. The molecule has 0 radical (unpaired) electrons. The first-order valence-electron chi connectivity index (χ1n) is 7.42. The van der Waals surface area contributed by atoms with Gasteiger partial charge in [0, 0.05) is 14.2 Å². The topological polar surface area (TPSA) is 109 Å². The van der Waals surface area contributed by atoms with Crippen LogP contribution in [-0.2, 0) is 26.6 Å². The van der Waals surface area contributed by atoms with Gasteiger partial charge in [-0.05, 0) is 11.8 Å². The van der Waals surface area contributed by atoms with Crippen molar-refractivity contribution in [3.05, 3.63) is 5.82 Å². The monoisotopic (exact) mass is 569 g/mol. The molecule has 0 aliphatic heterocycles. The summed E-state index contributed by atoms with van der Waals surface area (Å²) in [7, 11) is 3.01. The van der Waals surface area contributed by atoms with Gasteiger partial charge >= 0.3 is 0 Å². The highest BCUT2D eigenvalue weighted by molar-refractivity contribution is 8.67. The summed E-state index contributed by atoms with van der Waals surface area (Å²) in [5.74, 6) is 1.05. The molecule has 0 saturated heterocycles. The fraction of sp³-hybridized carbons (Fsp3) is 0.750. The van der Waals surface area contributed by atoms with Gasteiger partial charge in [-0.2, -0.15) is 15.0 Å². The molecule has 1 heterocycles. The van der Waals surface area contributed by atoms with Crippen LogP contribution in [-0.4, -0.2) is 61.4 Å². The summed E-state index contributed by atoms with van der Waals surface area (Å²) < 4.78 is 10.2. The third-order valence-corrected chi connectivity index (χ3v) is 13.0. The molecule has 1 saturated carbocycles. The Morgan fingerprint density at radius 3 is 1.43 bits per heavy atom. The van der Waals surface area contributed by atoms with Crippen LogP contribution in [0.4, 0.5) is 11.9 Å². The number of alkyl halides is 6. The van der Waals surface area contributed by atoms with E-state index in [4.69, 9.17) is 102 Å². The van der Waals surface area contributed by atoms with Crippen molar-refractivity contribution in [2.75, 3.05) is 25.7 Å². The molecule has 0 bridgehead atoms. The highest BCUT2D eigenvalue weighted by Gasteiger charge is 2.46. The molecule has 2 rings (SSSR count). The zero-order valence-corrected chi connectivity index (χ0v) is 21.6. The molecule has 162 valence electrons. The molecule has 1 aliphatic carbocycles. The molecule has 1 aromatic heterocycles. The summed E-state index contributed by atoms with van der Waals surface area (Å²) in [6, 6.07) is 0. The number of hydrogen-bond acceptors (Lipinski definition) is 9. The Morgan fingerprint density at radius 1 is 0.821 bits per heavy atom. The lowest BCUT2D eigenvalue weighted by Crippen LogP contribution is -2.52. The van der Waals surface area contributed by atoms with Gasteiger partial charge in [0.2, 0.25) is 17.6 Å². The second-order valence-corrected chi connectivity index (χ2v) is 14.8. The second kappa shape index (κ2) is 12.3. The molecule has 28 heavy (non-hydrogen) atoms. The first-order valence-corrected chi connectivity index (χ1v) is 14.3. The maximum atomic E-state index is 5.88. The van der Waals surface area contributed by atoms with E-state index in [9.17, 15) is 0 Å². The van der Waals surface area contributed by atoms with E-state index in [1.54, 1.807) is 0 Å². The zero-order chi connectivity index (χ0) is 21.6. The molecule has 0 aromatic carbocycles. The molecular weight excluding hydrogens is 554 g/mol. The molecule has 0 atom stereocenters. The van der Waals surface area contributed by atoms with E-state index < -0.39 is 38.0 Å². The lowest BCUT2D eigenvalue weighted by Gasteiger charge is -2.37. The van der Waals surface area contributed by atoms with E-state index in [2.05, 4.69) is 15.0 Å². The smallest absolute Gasteiger partial charge is 0.247 e. The number of nitrogens with zero attached hydrogens (tertiary/aromatic N) is 3. The van der Waals surface area contributed by atoms with E-state index in [0.29, 0.717) is 11.6 Å². The summed E-state index contributed by atoms with van der Waals surface area (Å²) in [5, 5.41) is -2.62. The quantitative estimate of drug-likeness (QED) is 0.392. The van der Waals surface area contributed by atoms with Crippen molar-refractivity contribution in [3.63, 3.8) is 0 Å². The molecule has 1 aliphatic rings. The Labute approximate surface area is 202 Å². The fourth-order valence-electron chi connectivity index (χ4n) is 1.89. The van der Waals surface area contributed by atoms with Gasteiger partial charge in [0.15, 0.2) is 0 Å². The van der Waals surface area contributed by atoms with Gasteiger partial charge < -0.3 is 20.5 Å². The summed E-state index contributed by atoms with van der Waals surface area (Å²) >= 11 is 41.8. The van der Waals surface area contributed by atoms with E-state index in [1.807, 2.05) is 0 Å². The molecule has 0 spiro atoms. The molecule has 1 aromatic rings. The molecule has 1 fully saturated rings. The van der Waals surface area contributed by atoms with Crippen molar-refractivity contribution in [1.29, 1.82) is 0 Å². The van der Waals surface area contributed by atoms with Crippen LogP contribution in [0.3, 0.4) is 0 Å². The van der Waals surface area contributed by atoms with Gasteiger partial charge in [-0.25, -0.2) is 0 Å². The summed E-state index contributed by atoms with van der Waals surface area (Å²) in [5.41, 5.74) is 8.56. The van der Waals surface area contributed by atoms with Gasteiger partial charge in [0.25, 0.3) is 0 Å². The Bertz CT molecular complexity index is 611. The molecule has 0 unspecified atom stereocenters. The number of aromatic nitrogens is 3. The maximum Gasteiger partial charge on any atom is 0.247 e. The summed E-state index contributed by atoms with van der Waals surface area (Å²) in [4.78, 5) is 11.5. The predicted octanol–water partition coefficient (Wildman–Crippen LogP) is 4.43. The number of nitrogen functional groups attached to an aromatic ring is 2. The van der Waals surface area contributed by atoms with Crippen LogP contribution in [0.25, 0.3) is 0 Å². The van der Waals surface area contributed by atoms with Gasteiger partial charge in [-0.1, -0.05) is 11.4 Å². The SMILES string of the molecule is COP(=S)(OC)SCc1nc(N)nc(N)n1.ClC1C(Cl)C(Cl)C(Cl)C(Cl)C1Cl. The van der Waals surface area contributed by atoms with Crippen LogP contribution >= 0.6 is 86.7 Å².